The number of carboxylic acids is 1. The first-order valence-corrected chi connectivity index (χ1v) is 16.9. The topological polar surface area (TPSA) is 126 Å². The fourth-order valence-electron chi connectivity index (χ4n) is 5.44. The quantitative estimate of drug-likeness (QED) is 0.0924. The van der Waals surface area contributed by atoms with E-state index in [1.54, 1.807) is 37.3 Å². The molecular weight excluding hydrogens is 608 g/mol. The fourth-order valence-corrected chi connectivity index (χ4v) is 5.73. The molecule has 2 N–H and O–H groups in total. The summed E-state index contributed by atoms with van der Waals surface area (Å²) in [6, 6.07) is 11.4. The third kappa shape index (κ3) is 11.5. The highest BCUT2D eigenvalue weighted by molar-refractivity contribution is 6.34. The summed E-state index contributed by atoms with van der Waals surface area (Å²) < 4.78 is 11.2. The summed E-state index contributed by atoms with van der Waals surface area (Å²) in [5.41, 5.74) is 1.35. The van der Waals surface area contributed by atoms with E-state index in [0.717, 1.165) is 19.3 Å². The molecule has 2 aromatic carbocycles. The van der Waals surface area contributed by atoms with Crippen LogP contribution in [0.15, 0.2) is 51.7 Å². The zero-order valence-electron chi connectivity index (χ0n) is 27.2. The minimum Gasteiger partial charge on any atom is -0.481 e. The van der Waals surface area contributed by atoms with Gasteiger partial charge in [0.1, 0.15) is 17.9 Å². The molecule has 0 aliphatic carbocycles. The Kier molecular flexibility index (Phi) is 15.1. The van der Waals surface area contributed by atoms with Crippen LogP contribution in [-0.2, 0) is 14.4 Å². The fraction of sp³-hybridized carbons (Fsp3) is 0.500. The molecule has 1 heterocycles. The van der Waals surface area contributed by atoms with Crippen molar-refractivity contribution >= 4 is 46.0 Å². The molecule has 0 spiro atoms. The van der Waals surface area contributed by atoms with Gasteiger partial charge in [0, 0.05) is 47.3 Å². The number of hydrogen-bond donors (Lipinski definition) is 2. The van der Waals surface area contributed by atoms with Crippen molar-refractivity contribution in [2.45, 2.75) is 104 Å². The Morgan fingerprint density at radius 1 is 0.891 bits per heavy atom. The summed E-state index contributed by atoms with van der Waals surface area (Å²) in [5.74, 6) is -1.37. The van der Waals surface area contributed by atoms with Crippen molar-refractivity contribution in [3.8, 4) is 16.9 Å². The molecule has 9 nitrogen and oxygen atoms in total. The van der Waals surface area contributed by atoms with Crippen LogP contribution in [0.4, 0.5) is 5.69 Å². The van der Waals surface area contributed by atoms with E-state index in [2.05, 4.69) is 12.2 Å². The lowest BCUT2D eigenvalue weighted by atomic mass is 10.0. The number of aliphatic carboxylic acids is 1. The zero-order chi connectivity index (χ0) is 33.5. The lowest BCUT2D eigenvalue weighted by molar-refractivity contribution is -0.147. The number of amides is 2. The zero-order valence-corrected chi connectivity index (χ0v) is 28.0. The smallest absolute Gasteiger partial charge is 0.336 e. The Hall–Kier alpha value is -3.85. The summed E-state index contributed by atoms with van der Waals surface area (Å²) in [6.45, 7) is 5.24. The number of nitrogens with zero attached hydrogens (tertiary/aromatic N) is 1. The van der Waals surface area contributed by atoms with Crippen LogP contribution in [0.2, 0.25) is 5.02 Å². The van der Waals surface area contributed by atoms with Crippen LogP contribution in [0.25, 0.3) is 22.1 Å². The number of unbranched alkanes of at least 4 members (excludes halogenated alkanes) is 10. The number of carbonyl (C=O) groups is 3. The number of nitrogens with one attached hydrogen (secondary N) is 1. The van der Waals surface area contributed by atoms with Gasteiger partial charge in [-0.05, 0) is 44.5 Å². The van der Waals surface area contributed by atoms with Crippen LogP contribution >= 0.6 is 11.6 Å². The molecule has 0 bridgehead atoms. The van der Waals surface area contributed by atoms with Crippen molar-refractivity contribution in [2.24, 2.45) is 0 Å². The van der Waals surface area contributed by atoms with Gasteiger partial charge in [-0.25, -0.2) is 4.79 Å². The van der Waals surface area contributed by atoms with Crippen LogP contribution in [-0.4, -0.2) is 47.0 Å². The lowest BCUT2D eigenvalue weighted by Crippen LogP contribution is -2.43. The molecule has 46 heavy (non-hydrogen) atoms. The molecule has 1 aromatic heterocycles. The summed E-state index contributed by atoms with van der Waals surface area (Å²) in [5, 5.41) is 12.9. The van der Waals surface area contributed by atoms with E-state index in [4.69, 9.17) is 25.9 Å². The molecule has 0 saturated carbocycles. The Morgan fingerprint density at radius 2 is 1.54 bits per heavy atom. The standard InChI is InChI=1S/C36H47ClN2O7/c1-4-6-7-8-9-10-11-12-13-14-15-16-33(40)38-26-17-19-28(31(37)21-26)30-23-35(43)46-32-22-27(18-20-29(30)32)45-25(3)36(44)39(5-2)24-34(41)42/h17-23,25H,4-16,24H2,1-3H3,(H,38,40)(H,41,42). The summed E-state index contributed by atoms with van der Waals surface area (Å²) in [6.07, 6.45) is 12.9. The van der Waals surface area contributed by atoms with Crippen molar-refractivity contribution in [1.29, 1.82) is 0 Å². The summed E-state index contributed by atoms with van der Waals surface area (Å²) >= 11 is 6.64. The summed E-state index contributed by atoms with van der Waals surface area (Å²) in [4.78, 5) is 50.0. The van der Waals surface area contributed by atoms with Crippen LogP contribution in [0, 0.1) is 0 Å². The molecule has 250 valence electrons. The van der Waals surface area contributed by atoms with E-state index < -0.39 is 30.2 Å². The van der Waals surface area contributed by atoms with Crippen LogP contribution < -0.4 is 15.7 Å². The third-order valence-corrected chi connectivity index (χ3v) is 8.26. The second kappa shape index (κ2) is 19.0. The first kappa shape index (κ1) is 36.6. The van der Waals surface area contributed by atoms with Crippen molar-refractivity contribution in [3.05, 3.63) is 57.9 Å². The average molecular weight is 655 g/mol. The van der Waals surface area contributed by atoms with Gasteiger partial charge in [-0.1, -0.05) is 88.8 Å². The number of likely N-dealkylation sites (N-methyl/N-ethyl adjacent to an activating group) is 1. The Bertz CT molecular complexity index is 1520. The summed E-state index contributed by atoms with van der Waals surface area (Å²) in [7, 11) is 0. The highest BCUT2D eigenvalue weighted by Gasteiger charge is 2.23. The average Bonchev–Trinajstić information content (AvgIpc) is 3.01. The number of halogens is 1. The Balaban J connectivity index is 1.58. The molecular formula is C36H47ClN2O7. The van der Waals surface area contributed by atoms with Gasteiger partial charge in [-0.2, -0.15) is 0 Å². The SMILES string of the molecule is CCCCCCCCCCCCCC(=O)Nc1ccc(-c2cc(=O)oc3cc(OC(C)C(=O)N(CC)CC(=O)O)ccc23)c(Cl)c1. The van der Waals surface area contributed by atoms with E-state index in [0.29, 0.717) is 33.6 Å². The molecule has 0 aliphatic rings. The number of fused-ring (bicyclic) bond motifs is 1. The second-order valence-corrected chi connectivity index (χ2v) is 12.1. The molecule has 0 radical (unpaired) electrons. The first-order valence-electron chi connectivity index (χ1n) is 16.5. The van der Waals surface area contributed by atoms with Crippen molar-refractivity contribution in [1.82, 2.24) is 4.90 Å². The van der Waals surface area contributed by atoms with E-state index in [-0.39, 0.29) is 23.8 Å². The van der Waals surface area contributed by atoms with Crippen LogP contribution in [0.5, 0.6) is 5.75 Å². The molecule has 0 saturated heterocycles. The normalized spacial score (nSPS) is 11.7. The van der Waals surface area contributed by atoms with Crippen molar-refractivity contribution < 1.29 is 28.6 Å². The highest BCUT2D eigenvalue weighted by Crippen LogP contribution is 2.35. The number of benzene rings is 2. The van der Waals surface area contributed by atoms with Crippen LogP contribution in [0.1, 0.15) is 97.8 Å². The number of rotatable bonds is 20. The number of carboxylic acid groups (broad SMARTS) is 1. The predicted molar refractivity (Wildman–Crippen MR) is 183 cm³/mol. The maximum atomic E-state index is 12.7. The number of hydrogen-bond acceptors (Lipinski definition) is 6. The monoisotopic (exact) mass is 654 g/mol. The minimum absolute atomic E-state index is 0.0594. The van der Waals surface area contributed by atoms with E-state index in [1.165, 1.54) is 75.3 Å². The maximum absolute atomic E-state index is 12.7. The molecule has 1 unspecified atom stereocenters. The van der Waals surface area contributed by atoms with E-state index >= 15 is 0 Å². The minimum atomic E-state index is -1.11. The van der Waals surface area contributed by atoms with Gasteiger partial charge in [0.05, 0.1) is 5.02 Å². The number of ether oxygens (including phenoxy) is 1. The molecule has 0 aliphatic heterocycles. The highest BCUT2D eigenvalue weighted by atomic mass is 35.5. The van der Waals surface area contributed by atoms with Crippen molar-refractivity contribution in [2.75, 3.05) is 18.4 Å². The molecule has 1 atom stereocenters. The van der Waals surface area contributed by atoms with E-state index in [9.17, 15) is 19.2 Å². The van der Waals surface area contributed by atoms with Gasteiger partial charge in [-0.3, -0.25) is 14.4 Å². The van der Waals surface area contributed by atoms with Crippen molar-refractivity contribution in [3.63, 3.8) is 0 Å². The van der Waals surface area contributed by atoms with E-state index in [1.807, 2.05) is 0 Å². The maximum Gasteiger partial charge on any atom is 0.336 e. The molecule has 2 amide bonds. The van der Waals surface area contributed by atoms with Crippen LogP contribution in [0.3, 0.4) is 0 Å². The van der Waals surface area contributed by atoms with Gasteiger partial charge in [0.2, 0.25) is 5.91 Å². The number of carbonyl (C=O) groups excluding carboxylic acids is 2. The molecule has 3 aromatic rings. The number of anilines is 1. The van der Waals surface area contributed by atoms with Gasteiger partial charge in [0.15, 0.2) is 6.10 Å². The Labute approximate surface area is 276 Å². The molecule has 0 fully saturated rings. The van der Waals surface area contributed by atoms with Gasteiger partial charge in [0.25, 0.3) is 5.91 Å². The van der Waals surface area contributed by atoms with Gasteiger partial charge in [-0.15, -0.1) is 0 Å². The lowest BCUT2D eigenvalue weighted by Gasteiger charge is -2.23. The molecule has 10 heteroatoms. The van der Waals surface area contributed by atoms with Gasteiger partial charge < -0.3 is 24.5 Å². The third-order valence-electron chi connectivity index (χ3n) is 7.95. The largest absolute Gasteiger partial charge is 0.481 e. The first-order chi connectivity index (χ1) is 22.1. The Morgan fingerprint density at radius 3 is 2.15 bits per heavy atom. The predicted octanol–water partition coefficient (Wildman–Crippen LogP) is 8.45. The second-order valence-electron chi connectivity index (χ2n) is 11.7. The molecule has 3 rings (SSSR count). The van der Waals surface area contributed by atoms with Gasteiger partial charge >= 0.3 is 11.6 Å².